The fourth-order valence-electron chi connectivity index (χ4n) is 2.89. The third-order valence-electron chi connectivity index (χ3n) is 3.93. The zero-order valence-corrected chi connectivity index (χ0v) is 13.3. The number of nitrogens with one attached hydrogen (secondary N) is 1. The summed E-state index contributed by atoms with van der Waals surface area (Å²) in [5.41, 5.74) is 1.92. The average Bonchev–Trinajstić information content (AvgIpc) is 2.53. The van der Waals surface area contributed by atoms with E-state index in [-0.39, 0.29) is 11.3 Å². The number of halogens is 1. The van der Waals surface area contributed by atoms with E-state index in [4.69, 9.17) is 21.1 Å². The smallest absolute Gasteiger partial charge is 0.328 e. The van der Waals surface area contributed by atoms with Gasteiger partial charge < -0.3 is 14.8 Å². The first-order valence-electron chi connectivity index (χ1n) is 7.32. The van der Waals surface area contributed by atoms with Crippen LogP contribution in [0, 0.1) is 0 Å². The van der Waals surface area contributed by atoms with Gasteiger partial charge in [0.2, 0.25) is 0 Å². The molecule has 2 aromatic rings. The molecule has 1 N–H and O–H groups in total. The van der Waals surface area contributed by atoms with E-state index in [1.165, 1.54) is 0 Å². The number of hydrogen-bond acceptors (Lipinski definition) is 4. The molecule has 1 aliphatic heterocycles. The minimum Gasteiger partial charge on any atom is -0.497 e. The second-order valence-electron chi connectivity index (χ2n) is 5.27. The highest BCUT2D eigenvalue weighted by molar-refractivity contribution is 6.23. The Kier molecular flexibility index (Phi) is 4.12. The topological polar surface area (TPSA) is 47.6 Å². The lowest BCUT2D eigenvalue weighted by atomic mass is 9.92. The molecule has 5 heteroatoms. The third-order valence-corrected chi connectivity index (χ3v) is 4.32. The van der Waals surface area contributed by atoms with Crippen molar-refractivity contribution in [3.05, 3.63) is 35.9 Å². The second-order valence-corrected chi connectivity index (χ2v) is 5.79. The summed E-state index contributed by atoms with van der Waals surface area (Å²) in [6.45, 7) is 2.17. The van der Waals surface area contributed by atoms with Crippen molar-refractivity contribution in [3.8, 4) is 5.75 Å². The van der Waals surface area contributed by atoms with Crippen molar-refractivity contribution in [2.75, 3.05) is 19.0 Å². The van der Waals surface area contributed by atoms with Gasteiger partial charge in [-0.3, -0.25) is 0 Å². The fraction of sp³-hybridized carbons (Fsp3) is 0.353. The molecule has 1 aliphatic rings. The number of hydrogen-bond donors (Lipinski definition) is 1. The van der Waals surface area contributed by atoms with E-state index in [0.717, 1.165) is 27.8 Å². The lowest BCUT2D eigenvalue weighted by Crippen LogP contribution is -2.35. The predicted octanol–water partition coefficient (Wildman–Crippen LogP) is 3.88. The molecule has 0 aromatic heterocycles. The zero-order valence-electron chi connectivity index (χ0n) is 12.6. The highest BCUT2D eigenvalue weighted by Gasteiger charge is 2.31. The minimum absolute atomic E-state index is 0.234. The molecule has 0 saturated heterocycles. The number of carbonyl (C=O) groups excluding carboxylic acids is 1. The molecule has 0 fully saturated rings. The lowest BCUT2D eigenvalue weighted by molar-refractivity contribution is -0.144. The number of ether oxygens (including phenoxy) is 2. The van der Waals surface area contributed by atoms with Gasteiger partial charge in [0, 0.05) is 11.3 Å². The summed E-state index contributed by atoms with van der Waals surface area (Å²) in [6, 6.07) is 9.47. The van der Waals surface area contributed by atoms with Crippen molar-refractivity contribution in [3.63, 3.8) is 0 Å². The third kappa shape index (κ3) is 2.59. The van der Waals surface area contributed by atoms with Crippen LogP contribution in [0.3, 0.4) is 0 Å². The average molecular weight is 320 g/mol. The number of alkyl halides is 1. The quantitative estimate of drug-likeness (QED) is 0.689. The number of carbonyl (C=O) groups is 1. The summed E-state index contributed by atoms with van der Waals surface area (Å²) in [6.07, 6.45) is 0.512. The molecule has 4 nitrogen and oxygen atoms in total. The highest BCUT2D eigenvalue weighted by Crippen LogP contribution is 2.42. The maximum Gasteiger partial charge on any atom is 0.328 e. The summed E-state index contributed by atoms with van der Waals surface area (Å²) < 4.78 is 10.3. The monoisotopic (exact) mass is 319 g/mol. The Morgan fingerprint density at radius 1 is 1.36 bits per heavy atom. The van der Waals surface area contributed by atoms with Crippen molar-refractivity contribution in [1.29, 1.82) is 0 Å². The van der Waals surface area contributed by atoms with Crippen molar-refractivity contribution in [1.82, 2.24) is 0 Å². The van der Waals surface area contributed by atoms with Crippen LogP contribution in [-0.2, 0) is 9.53 Å². The number of anilines is 1. The molecule has 0 unspecified atom stereocenters. The lowest BCUT2D eigenvalue weighted by Gasteiger charge is -2.30. The first-order chi connectivity index (χ1) is 10.6. The van der Waals surface area contributed by atoms with Gasteiger partial charge in [0.25, 0.3) is 0 Å². The Bertz CT molecular complexity index is 716. The van der Waals surface area contributed by atoms with Crippen molar-refractivity contribution in [2.24, 2.45) is 0 Å². The normalized spacial score (nSPS) is 20.1. The molecule has 0 amide bonds. The van der Waals surface area contributed by atoms with Crippen LogP contribution in [0.5, 0.6) is 5.75 Å². The van der Waals surface area contributed by atoms with E-state index in [1.807, 2.05) is 30.3 Å². The van der Waals surface area contributed by atoms with E-state index >= 15 is 0 Å². The predicted molar refractivity (Wildman–Crippen MR) is 87.8 cm³/mol. The summed E-state index contributed by atoms with van der Waals surface area (Å²) in [4.78, 5) is 11.9. The first-order valence-corrected chi connectivity index (χ1v) is 7.75. The van der Waals surface area contributed by atoms with E-state index < -0.39 is 6.04 Å². The Morgan fingerprint density at radius 3 is 2.91 bits per heavy atom. The van der Waals surface area contributed by atoms with Gasteiger partial charge in [-0.1, -0.05) is 12.1 Å². The van der Waals surface area contributed by atoms with E-state index in [1.54, 1.807) is 14.0 Å². The molecule has 116 valence electrons. The molecule has 0 bridgehead atoms. The Labute approximate surface area is 134 Å². The second kappa shape index (κ2) is 6.05. The number of benzene rings is 2. The van der Waals surface area contributed by atoms with E-state index in [0.29, 0.717) is 13.0 Å². The van der Waals surface area contributed by atoms with Crippen LogP contribution in [0.4, 0.5) is 5.69 Å². The van der Waals surface area contributed by atoms with Gasteiger partial charge in [-0.2, -0.15) is 0 Å². The van der Waals surface area contributed by atoms with Crippen molar-refractivity contribution in [2.45, 2.75) is 24.8 Å². The largest absolute Gasteiger partial charge is 0.497 e. The summed E-state index contributed by atoms with van der Waals surface area (Å²) in [7, 11) is 1.65. The van der Waals surface area contributed by atoms with Gasteiger partial charge in [0.15, 0.2) is 0 Å². The molecular weight excluding hydrogens is 302 g/mol. The molecule has 0 radical (unpaired) electrons. The van der Waals surface area contributed by atoms with Crippen LogP contribution in [0.15, 0.2) is 30.3 Å². The van der Waals surface area contributed by atoms with Crippen LogP contribution in [0.2, 0.25) is 0 Å². The van der Waals surface area contributed by atoms with Gasteiger partial charge in [-0.15, -0.1) is 11.6 Å². The van der Waals surface area contributed by atoms with Crippen molar-refractivity contribution >= 4 is 34.0 Å². The van der Waals surface area contributed by atoms with Crippen LogP contribution in [0.25, 0.3) is 10.8 Å². The minimum atomic E-state index is -0.398. The SMILES string of the molecule is CCOC(=O)[C@H]1C[C@@H](Cl)c2c(ccc3cc(OC)ccc23)N1. The van der Waals surface area contributed by atoms with Crippen LogP contribution in [-0.4, -0.2) is 25.7 Å². The number of fused-ring (bicyclic) bond motifs is 3. The van der Waals surface area contributed by atoms with Gasteiger partial charge in [-0.05, 0) is 42.3 Å². The van der Waals surface area contributed by atoms with Gasteiger partial charge in [0.1, 0.15) is 11.8 Å². The van der Waals surface area contributed by atoms with Crippen LogP contribution >= 0.6 is 11.6 Å². The molecule has 1 heterocycles. The number of esters is 1. The Morgan fingerprint density at radius 2 is 2.18 bits per heavy atom. The maximum absolute atomic E-state index is 11.9. The van der Waals surface area contributed by atoms with E-state index in [2.05, 4.69) is 5.32 Å². The Balaban J connectivity index is 2.01. The highest BCUT2D eigenvalue weighted by atomic mass is 35.5. The fourth-order valence-corrected chi connectivity index (χ4v) is 3.30. The molecule has 2 aromatic carbocycles. The molecule has 3 rings (SSSR count). The molecule has 0 saturated carbocycles. The van der Waals surface area contributed by atoms with Gasteiger partial charge >= 0.3 is 5.97 Å². The van der Waals surface area contributed by atoms with Crippen molar-refractivity contribution < 1.29 is 14.3 Å². The summed E-state index contributed by atoms with van der Waals surface area (Å²) in [5.74, 6) is 0.556. The van der Waals surface area contributed by atoms with Gasteiger partial charge in [0.05, 0.1) is 19.1 Å². The standard InChI is InChI=1S/C17H18ClNO3/c1-3-22-17(20)15-9-13(18)16-12-6-5-11(21-2)8-10(12)4-7-14(16)19-15/h4-8,13,15,19H,3,9H2,1-2H3/t13-,15-/m1/s1. The molecule has 0 aliphatic carbocycles. The maximum atomic E-state index is 11.9. The summed E-state index contributed by atoms with van der Waals surface area (Å²) >= 11 is 6.56. The van der Waals surface area contributed by atoms with Crippen LogP contribution < -0.4 is 10.1 Å². The zero-order chi connectivity index (χ0) is 15.7. The first kappa shape index (κ1) is 15.0. The Hall–Kier alpha value is -1.94. The van der Waals surface area contributed by atoms with Crippen LogP contribution in [0.1, 0.15) is 24.3 Å². The number of methoxy groups -OCH3 is 1. The van der Waals surface area contributed by atoms with Gasteiger partial charge in [-0.25, -0.2) is 4.79 Å². The molecule has 2 atom stereocenters. The molecular formula is C17H18ClNO3. The van der Waals surface area contributed by atoms with E-state index in [9.17, 15) is 4.79 Å². The molecule has 0 spiro atoms. The number of rotatable bonds is 3. The summed E-state index contributed by atoms with van der Waals surface area (Å²) in [5, 5.41) is 5.16. The molecule has 22 heavy (non-hydrogen) atoms.